The topological polar surface area (TPSA) is 24.8 Å². The smallest absolute Gasteiger partial charge is 0.0859 e. The van der Waals surface area contributed by atoms with Crippen molar-refractivity contribution in [2.75, 3.05) is 13.2 Å². The molecule has 0 bridgehead atoms. The van der Waals surface area contributed by atoms with Gasteiger partial charge < -0.3 is 9.64 Å². The van der Waals surface area contributed by atoms with E-state index in [1.807, 2.05) is 0 Å². The molecule has 0 saturated carbocycles. The van der Waals surface area contributed by atoms with Gasteiger partial charge in [0.05, 0.1) is 30.6 Å². The van der Waals surface area contributed by atoms with Crippen molar-refractivity contribution in [3.05, 3.63) is 35.4 Å². The van der Waals surface area contributed by atoms with Gasteiger partial charge in [-0.05, 0) is 51.2 Å². The third-order valence-corrected chi connectivity index (χ3v) is 4.51. The first-order chi connectivity index (χ1) is 10.8. The number of ether oxygens (including phenoxy) is 1. The zero-order valence-corrected chi connectivity index (χ0v) is 15.5. The number of aliphatic imine (C=N–C) groups is 1. The molecule has 0 saturated heterocycles. The predicted molar refractivity (Wildman–Crippen MR) is 98.1 cm³/mol. The molecule has 1 aromatic carbocycles. The summed E-state index contributed by atoms with van der Waals surface area (Å²) in [6.45, 7) is 14.7. The van der Waals surface area contributed by atoms with Gasteiger partial charge in [0.15, 0.2) is 0 Å². The van der Waals surface area contributed by atoms with Crippen LogP contribution in [-0.2, 0) is 11.2 Å². The van der Waals surface area contributed by atoms with Crippen molar-refractivity contribution in [1.82, 2.24) is 4.90 Å². The van der Waals surface area contributed by atoms with Crippen LogP contribution in [0.2, 0.25) is 0 Å². The molecule has 1 aromatic rings. The van der Waals surface area contributed by atoms with Crippen molar-refractivity contribution in [2.24, 2.45) is 10.9 Å². The average Bonchev–Trinajstić information content (AvgIpc) is 2.48. The molecule has 23 heavy (non-hydrogen) atoms. The first-order valence-electron chi connectivity index (χ1n) is 8.79. The van der Waals surface area contributed by atoms with E-state index in [-0.39, 0.29) is 11.6 Å². The Kier molecular flexibility index (Phi) is 5.85. The quantitative estimate of drug-likeness (QED) is 0.591. The lowest BCUT2D eigenvalue weighted by Crippen LogP contribution is -2.34. The SMILES string of the molecule is CC(C)[C@@H](COC(C)(C)C)N=CN1CCc2ccccc2[C@@H]1C. The van der Waals surface area contributed by atoms with Gasteiger partial charge >= 0.3 is 0 Å². The van der Waals surface area contributed by atoms with Crippen LogP contribution >= 0.6 is 0 Å². The van der Waals surface area contributed by atoms with E-state index in [0.29, 0.717) is 18.6 Å². The average molecular weight is 316 g/mol. The van der Waals surface area contributed by atoms with Crippen LogP contribution in [0.3, 0.4) is 0 Å². The molecule has 0 amide bonds. The van der Waals surface area contributed by atoms with Crippen molar-refractivity contribution in [1.29, 1.82) is 0 Å². The van der Waals surface area contributed by atoms with E-state index in [4.69, 9.17) is 9.73 Å². The van der Waals surface area contributed by atoms with Gasteiger partial charge in [0.25, 0.3) is 0 Å². The van der Waals surface area contributed by atoms with Crippen LogP contribution in [0.4, 0.5) is 0 Å². The number of fused-ring (bicyclic) bond motifs is 1. The molecule has 0 spiro atoms. The number of hydrogen-bond donors (Lipinski definition) is 0. The van der Waals surface area contributed by atoms with E-state index >= 15 is 0 Å². The fraction of sp³-hybridized carbons (Fsp3) is 0.650. The highest BCUT2D eigenvalue weighted by atomic mass is 16.5. The standard InChI is InChI=1S/C20H32N2O/c1-15(2)19(13-23-20(4,5)6)21-14-22-12-11-17-9-7-8-10-18(17)16(22)3/h7-10,14-16,19H,11-13H2,1-6H3/t16-,19+/m0/s1. The molecule has 0 N–H and O–H groups in total. The van der Waals surface area contributed by atoms with Crippen LogP contribution in [0, 0.1) is 5.92 Å². The van der Waals surface area contributed by atoms with Crippen LogP contribution in [-0.4, -0.2) is 36.0 Å². The van der Waals surface area contributed by atoms with Crippen LogP contribution in [0.25, 0.3) is 0 Å². The van der Waals surface area contributed by atoms with E-state index in [1.54, 1.807) is 0 Å². The minimum atomic E-state index is -0.111. The Morgan fingerprint density at radius 2 is 2.00 bits per heavy atom. The molecule has 1 aliphatic heterocycles. The Balaban J connectivity index is 2.03. The Labute approximate surface area is 141 Å². The maximum absolute atomic E-state index is 5.94. The van der Waals surface area contributed by atoms with Crippen LogP contribution < -0.4 is 0 Å². The maximum Gasteiger partial charge on any atom is 0.0859 e. The van der Waals surface area contributed by atoms with Gasteiger partial charge in [0.2, 0.25) is 0 Å². The molecular weight excluding hydrogens is 284 g/mol. The molecular formula is C20H32N2O. The monoisotopic (exact) mass is 316 g/mol. The maximum atomic E-state index is 5.94. The molecule has 2 atom stereocenters. The number of nitrogens with zero attached hydrogens (tertiary/aromatic N) is 2. The van der Waals surface area contributed by atoms with Crippen LogP contribution in [0.15, 0.2) is 29.3 Å². The van der Waals surface area contributed by atoms with Gasteiger partial charge in [-0.1, -0.05) is 38.1 Å². The van der Waals surface area contributed by atoms with Crippen molar-refractivity contribution in [3.8, 4) is 0 Å². The molecule has 3 nitrogen and oxygen atoms in total. The molecule has 0 aliphatic carbocycles. The van der Waals surface area contributed by atoms with E-state index in [0.717, 1.165) is 13.0 Å². The summed E-state index contributed by atoms with van der Waals surface area (Å²) >= 11 is 0. The number of benzene rings is 1. The molecule has 2 rings (SSSR count). The van der Waals surface area contributed by atoms with E-state index in [9.17, 15) is 0 Å². The second kappa shape index (κ2) is 7.48. The Bertz CT molecular complexity index is 531. The molecule has 0 aromatic heterocycles. The number of rotatable bonds is 5. The van der Waals surface area contributed by atoms with Gasteiger partial charge in [-0.3, -0.25) is 4.99 Å². The van der Waals surface area contributed by atoms with Crippen molar-refractivity contribution in [3.63, 3.8) is 0 Å². The third-order valence-electron chi connectivity index (χ3n) is 4.51. The molecule has 128 valence electrons. The molecule has 0 unspecified atom stereocenters. The lowest BCUT2D eigenvalue weighted by atomic mass is 9.94. The minimum Gasteiger partial charge on any atom is -0.374 e. The summed E-state index contributed by atoms with van der Waals surface area (Å²) in [6.07, 6.45) is 3.15. The third kappa shape index (κ3) is 5.07. The first-order valence-corrected chi connectivity index (χ1v) is 8.79. The summed E-state index contributed by atoms with van der Waals surface area (Å²) in [6, 6.07) is 9.34. The zero-order valence-electron chi connectivity index (χ0n) is 15.5. The fourth-order valence-electron chi connectivity index (χ4n) is 2.86. The van der Waals surface area contributed by atoms with E-state index in [2.05, 4.69) is 77.0 Å². The van der Waals surface area contributed by atoms with Crippen LogP contribution in [0.5, 0.6) is 0 Å². The van der Waals surface area contributed by atoms with Crippen LogP contribution in [0.1, 0.15) is 58.7 Å². The molecule has 1 aliphatic rings. The lowest BCUT2D eigenvalue weighted by molar-refractivity contribution is -0.0145. The normalized spacial score (nSPS) is 20.1. The van der Waals surface area contributed by atoms with Gasteiger partial charge in [-0.2, -0.15) is 0 Å². The summed E-state index contributed by atoms with van der Waals surface area (Å²) in [5.74, 6) is 0.473. The predicted octanol–water partition coefficient (Wildman–Crippen LogP) is 4.47. The van der Waals surface area contributed by atoms with E-state index in [1.165, 1.54) is 11.1 Å². The minimum absolute atomic E-state index is 0.111. The number of hydrogen-bond acceptors (Lipinski definition) is 2. The summed E-state index contributed by atoms with van der Waals surface area (Å²) in [5.41, 5.74) is 2.79. The van der Waals surface area contributed by atoms with E-state index < -0.39 is 0 Å². The van der Waals surface area contributed by atoms with Crippen molar-refractivity contribution in [2.45, 2.75) is 65.6 Å². The summed E-state index contributed by atoms with van der Waals surface area (Å²) < 4.78 is 5.94. The Morgan fingerprint density at radius 1 is 1.30 bits per heavy atom. The fourth-order valence-corrected chi connectivity index (χ4v) is 2.86. The summed E-state index contributed by atoms with van der Waals surface area (Å²) in [5, 5.41) is 0. The Morgan fingerprint density at radius 3 is 2.65 bits per heavy atom. The first kappa shape index (κ1) is 18.0. The second-order valence-electron chi connectivity index (χ2n) is 7.86. The molecule has 1 heterocycles. The summed E-state index contributed by atoms with van der Waals surface area (Å²) in [7, 11) is 0. The molecule has 0 radical (unpaired) electrons. The second-order valence-corrected chi connectivity index (χ2v) is 7.86. The van der Waals surface area contributed by atoms with Crippen molar-refractivity contribution >= 4 is 6.34 Å². The highest BCUT2D eigenvalue weighted by Gasteiger charge is 2.22. The van der Waals surface area contributed by atoms with Gasteiger partial charge in [-0.15, -0.1) is 0 Å². The van der Waals surface area contributed by atoms with Gasteiger partial charge in [0, 0.05) is 6.54 Å². The molecule has 0 fully saturated rings. The van der Waals surface area contributed by atoms with Gasteiger partial charge in [-0.25, -0.2) is 0 Å². The zero-order chi connectivity index (χ0) is 17.0. The highest BCUT2D eigenvalue weighted by Crippen LogP contribution is 2.28. The van der Waals surface area contributed by atoms with Gasteiger partial charge in [0.1, 0.15) is 0 Å². The molecule has 3 heteroatoms. The highest BCUT2D eigenvalue weighted by molar-refractivity contribution is 5.57. The summed E-state index contributed by atoms with van der Waals surface area (Å²) in [4.78, 5) is 7.21. The van der Waals surface area contributed by atoms with Crippen molar-refractivity contribution < 1.29 is 4.74 Å². The largest absolute Gasteiger partial charge is 0.374 e. The Hall–Kier alpha value is -1.35. The lowest BCUT2D eigenvalue weighted by Gasteiger charge is -2.34.